The van der Waals surface area contributed by atoms with Crippen LogP contribution in [0.15, 0.2) is 78.9 Å². The van der Waals surface area contributed by atoms with Crippen LogP contribution in [0.25, 0.3) is 0 Å². The van der Waals surface area contributed by atoms with Crippen molar-refractivity contribution in [2.75, 3.05) is 22.7 Å². The van der Waals surface area contributed by atoms with Crippen LogP contribution in [0, 0.1) is 0 Å². The Balaban J connectivity index is 1.58. The van der Waals surface area contributed by atoms with Gasteiger partial charge in [0.25, 0.3) is 11.8 Å². The van der Waals surface area contributed by atoms with Crippen LogP contribution >= 0.6 is 0 Å². The molecule has 35 heavy (non-hydrogen) atoms. The first-order valence-electron chi connectivity index (χ1n) is 11.4. The number of benzene rings is 3. The molecule has 1 aliphatic heterocycles. The van der Waals surface area contributed by atoms with Crippen LogP contribution in [0.5, 0.6) is 5.75 Å². The average Bonchev–Trinajstić information content (AvgIpc) is 2.87. The second-order valence-corrected chi connectivity index (χ2v) is 10.0. The molecule has 0 aliphatic carbocycles. The Morgan fingerprint density at radius 1 is 0.971 bits per heavy atom. The number of carbonyl (C=O) groups excluding carboxylic acids is 2. The minimum Gasteiger partial charge on any atom is -0.476 e. The largest absolute Gasteiger partial charge is 0.476 e. The van der Waals surface area contributed by atoms with Gasteiger partial charge in [0.05, 0.1) is 29.2 Å². The Morgan fingerprint density at radius 3 is 2.43 bits per heavy atom. The van der Waals surface area contributed by atoms with Crippen molar-refractivity contribution in [3.05, 3.63) is 90.0 Å². The van der Waals surface area contributed by atoms with Crippen LogP contribution in [0.2, 0.25) is 0 Å². The van der Waals surface area contributed by atoms with Gasteiger partial charge >= 0.3 is 0 Å². The van der Waals surface area contributed by atoms with Crippen LogP contribution in [0.4, 0.5) is 11.4 Å². The lowest BCUT2D eigenvalue weighted by Gasteiger charge is -2.34. The average molecular weight is 494 g/mol. The molecule has 3 aromatic rings. The molecule has 9 heteroatoms. The SMILES string of the molecule is CCCNC(=O)c1ccccc1NC(=O)[C@H]1CN(S(=O)(=O)Cc2ccccc2)c2ccccc2O1. The van der Waals surface area contributed by atoms with E-state index in [1.165, 1.54) is 4.31 Å². The van der Waals surface area contributed by atoms with Gasteiger partial charge in [-0.15, -0.1) is 0 Å². The molecule has 0 saturated carbocycles. The van der Waals surface area contributed by atoms with Gasteiger partial charge < -0.3 is 15.4 Å². The quantitative estimate of drug-likeness (QED) is 0.499. The Hall–Kier alpha value is -3.85. The number of carbonyl (C=O) groups is 2. The van der Waals surface area contributed by atoms with E-state index in [1.54, 1.807) is 72.8 Å². The number of rotatable bonds is 8. The Morgan fingerprint density at radius 2 is 1.66 bits per heavy atom. The molecular formula is C26H27N3O5S. The van der Waals surface area contributed by atoms with Crippen molar-refractivity contribution in [1.29, 1.82) is 0 Å². The maximum Gasteiger partial charge on any atom is 0.267 e. The zero-order valence-corrected chi connectivity index (χ0v) is 20.1. The monoisotopic (exact) mass is 493 g/mol. The lowest BCUT2D eigenvalue weighted by molar-refractivity contribution is -0.122. The fourth-order valence-corrected chi connectivity index (χ4v) is 5.38. The molecule has 2 amide bonds. The van der Waals surface area contributed by atoms with E-state index in [0.717, 1.165) is 6.42 Å². The van der Waals surface area contributed by atoms with Crippen molar-refractivity contribution >= 4 is 33.2 Å². The summed E-state index contributed by atoms with van der Waals surface area (Å²) in [6.45, 7) is 2.27. The minimum absolute atomic E-state index is 0.192. The molecule has 0 bridgehead atoms. The van der Waals surface area contributed by atoms with Gasteiger partial charge in [-0.2, -0.15) is 0 Å². The third kappa shape index (κ3) is 5.63. The van der Waals surface area contributed by atoms with Gasteiger partial charge in [-0.25, -0.2) is 8.42 Å². The number of ether oxygens (including phenoxy) is 1. The van der Waals surface area contributed by atoms with Crippen LogP contribution in [0.1, 0.15) is 29.3 Å². The van der Waals surface area contributed by atoms with Gasteiger partial charge in [-0.3, -0.25) is 13.9 Å². The van der Waals surface area contributed by atoms with E-state index in [1.807, 2.05) is 13.0 Å². The molecule has 0 unspecified atom stereocenters. The summed E-state index contributed by atoms with van der Waals surface area (Å²) < 4.78 is 33.9. The van der Waals surface area contributed by atoms with Gasteiger partial charge in [0, 0.05) is 6.54 Å². The number of para-hydroxylation sites is 3. The highest BCUT2D eigenvalue weighted by Gasteiger charge is 2.37. The van der Waals surface area contributed by atoms with Crippen LogP contribution < -0.4 is 19.7 Å². The summed E-state index contributed by atoms with van der Waals surface area (Å²) in [5.74, 6) is -0.763. The fourth-order valence-electron chi connectivity index (χ4n) is 3.80. The molecule has 0 spiro atoms. The lowest BCUT2D eigenvalue weighted by Crippen LogP contribution is -2.49. The lowest BCUT2D eigenvalue weighted by atomic mass is 10.1. The fraction of sp³-hybridized carbons (Fsp3) is 0.231. The summed E-state index contributed by atoms with van der Waals surface area (Å²) in [4.78, 5) is 25.7. The number of nitrogens with zero attached hydrogens (tertiary/aromatic N) is 1. The Labute approximate surface area is 205 Å². The van der Waals surface area contributed by atoms with E-state index in [9.17, 15) is 18.0 Å². The number of fused-ring (bicyclic) bond motifs is 1. The van der Waals surface area contributed by atoms with E-state index in [4.69, 9.17) is 4.74 Å². The molecule has 1 aliphatic rings. The standard InChI is InChI=1S/C26H27N3O5S/c1-2-16-27-25(30)20-12-6-7-13-21(20)28-26(31)24-17-29(22-14-8-9-15-23(22)34-24)35(32,33)18-19-10-4-3-5-11-19/h3-15,24H,2,16-18H2,1H3,(H,27,30)(H,28,31)/t24-/m1/s1. The van der Waals surface area contributed by atoms with Gasteiger partial charge in [-0.1, -0.05) is 61.5 Å². The normalized spacial score (nSPS) is 15.0. The molecule has 3 aromatic carbocycles. The maximum absolute atomic E-state index is 13.4. The second-order valence-electron chi connectivity index (χ2n) is 8.14. The Bertz CT molecular complexity index is 1310. The van der Waals surface area contributed by atoms with Crippen LogP contribution in [-0.2, 0) is 20.6 Å². The zero-order chi connectivity index (χ0) is 24.8. The molecule has 0 radical (unpaired) electrons. The highest BCUT2D eigenvalue weighted by Crippen LogP contribution is 2.36. The molecule has 1 heterocycles. The van der Waals surface area contributed by atoms with E-state index in [2.05, 4.69) is 10.6 Å². The van der Waals surface area contributed by atoms with Gasteiger partial charge in [0.15, 0.2) is 6.10 Å². The minimum atomic E-state index is -3.81. The maximum atomic E-state index is 13.4. The highest BCUT2D eigenvalue weighted by molar-refractivity contribution is 7.92. The van der Waals surface area contributed by atoms with Gasteiger partial charge in [0.2, 0.25) is 10.0 Å². The first kappa shape index (κ1) is 24.3. The smallest absolute Gasteiger partial charge is 0.267 e. The molecule has 0 saturated heterocycles. The van der Waals surface area contributed by atoms with E-state index >= 15 is 0 Å². The molecule has 1 atom stereocenters. The zero-order valence-electron chi connectivity index (χ0n) is 19.3. The third-order valence-corrected chi connectivity index (χ3v) is 7.24. The molecule has 0 fully saturated rings. The highest BCUT2D eigenvalue weighted by atomic mass is 32.2. The van der Waals surface area contributed by atoms with Gasteiger partial charge in [0.1, 0.15) is 5.75 Å². The number of hydrogen-bond acceptors (Lipinski definition) is 5. The predicted octanol–water partition coefficient (Wildman–Crippen LogP) is 3.56. The molecule has 2 N–H and O–H groups in total. The van der Waals surface area contributed by atoms with Crippen LogP contribution in [0.3, 0.4) is 0 Å². The van der Waals surface area contributed by atoms with E-state index < -0.39 is 22.0 Å². The summed E-state index contributed by atoms with van der Waals surface area (Å²) >= 11 is 0. The van der Waals surface area contributed by atoms with Crippen LogP contribution in [-0.4, -0.2) is 39.4 Å². The molecule has 182 valence electrons. The summed E-state index contributed by atoms with van der Waals surface area (Å²) in [6.07, 6.45) is -0.328. The molecule has 0 aromatic heterocycles. The van der Waals surface area contributed by atoms with E-state index in [-0.39, 0.29) is 18.2 Å². The predicted molar refractivity (Wildman–Crippen MR) is 135 cm³/mol. The van der Waals surface area contributed by atoms with Crippen molar-refractivity contribution in [2.24, 2.45) is 0 Å². The van der Waals surface area contributed by atoms with Crippen molar-refractivity contribution < 1.29 is 22.7 Å². The number of nitrogens with one attached hydrogen (secondary N) is 2. The van der Waals surface area contributed by atoms with Crippen molar-refractivity contribution in [2.45, 2.75) is 25.2 Å². The topological polar surface area (TPSA) is 105 Å². The summed E-state index contributed by atoms with van der Waals surface area (Å²) in [7, 11) is -3.81. The number of anilines is 2. The number of amides is 2. The molecule has 4 rings (SSSR count). The first-order chi connectivity index (χ1) is 16.9. The number of sulfonamides is 1. The second kappa shape index (κ2) is 10.6. The van der Waals surface area contributed by atoms with Crippen molar-refractivity contribution in [3.63, 3.8) is 0 Å². The van der Waals surface area contributed by atoms with E-state index in [0.29, 0.717) is 34.8 Å². The van der Waals surface area contributed by atoms with Crippen molar-refractivity contribution in [3.8, 4) is 5.75 Å². The third-order valence-electron chi connectivity index (χ3n) is 5.52. The summed E-state index contributed by atoms with van der Waals surface area (Å²) in [5, 5.41) is 5.54. The molecular weight excluding hydrogens is 466 g/mol. The summed E-state index contributed by atoms with van der Waals surface area (Å²) in [6, 6.07) is 22.3. The number of hydrogen-bond donors (Lipinski definition) is 2. The van der Waals surface area contributed by atoms with Gasteiger partial charge in [-0.05, 0) is 36.2 Å². The first-order valence-corrected chi connectivity index (χ1v) is 13.0. The summed E-state index contributed by atoms with van der Waals surface area (Å²) in [5.41, 5.74) is 1.67. The molecule has 8 nitrogen and oxygen atoms in total. The Kier molecular flexibility index (Phi) is 7.36. The van der Waals surface area contributed by atoms with Crippen molar-refractivity contribution in [1.82, 2.24) is 5.32 Å².